The third-order valence-corrected chi connectivity index (χ3v) is 3.65. The van der Waals surface area contributed by atoms with E-state index in [1.54, 1.807) is 6.07 Å². The van der Waals surface area contributed by atoms with E-state index in [-0.39, 0.29) is 11.7 Å². The molecule has 1 fully saturated rings. The van der Waals surface area contributed by atoms with Gasteiger partial charge in [-0.3, -0.25) is 14.0 Å². The fourth-order valence-electron chi connectivity index (χ4n) is 1.30. The summed E-state index contributed by atoms with van der Waals surface area (Å²) in [5, 5.41) is 2.79. The third kappa shape index (κ3) is 2.79. The molecular formula is C10H13N3O2S. The Balaban J connectivity index is 1.96. The molecule has 1 aromatic heterocycles. The fourth-order valence-corrected chi connectivity index (χ4v) is 2.30. The largest absolute Gasteiger partial charge is 0.396 e. The van der Waals surface area contributed by atoms with Gasteiger partial charge in [-0.2, -0.15) is 0 Å². The number of aromatic nitrogens is 1. The van der Waals surface area contributed by atoms with Gasteiger partial charge in [-0.25, -0.2) is 0 Å². The lowest BCUT2D eigenvalue weighted by molar-refractivity contribution is -0.118. The summed E-state index contributed by atoms with van der Waals surface area (Å²) in [6, 6.07) is 1.87. The third-order valence-electron chi connectivity index (χ3n) is 2.26. The molecule has 1 aliphatic rings. The number of carbonyl (C=O) groups excluding carboxylic acids is 1. The first-order valence-electron chi connectivity index (χ1n) is 5.04. The first-order chi connectivity index (χ1) is 7.66. The Morgan fingerprint density at radius 3 is 3.00 bits per heavy atom. The van der Waals surface area contributed by atoms with Gasteiger partial charge >= 0.3 is 0 Å². The number of rotatable bonds is 4. The van der Waals surface area contributed by atoms with Gasteiger partial charge in [-0.15, -0.1) is 0 Å². The monoisotopic (exact) mass is 239 g/mol. The quantitative estimate of drug-likeness (QED) is 0.777. The number of nitrogens with two attached hydrogens (primary N) is 1. The van der Waals surface area contributed by atoms with Gasteiger partial charge < -0.3 is 11.1 Å². The normalized spacial score (nSPS) is 16.8. The summed E-state index contributed by atoms with van der Waals surface area (Å²) >= 11 is 0. The molecule has 0 spiro atoms. The lowest BCUT2D eigenvalue weighted by Gasteiger charge is -2.05. The van der Waals surface area contributed by atoms with Gasteiger partial charge in [0.2, 0.25) is 5.91 Å². The highest BCUT2D eigenvalue weighted by Gasteiger charge is 2.24. The average Bonchev–Trinajstić information content (AvgIpc) is 3.01. The number of hydrogen-bond acceptors (Lipinski definition) is 4. The lowest BCUT2D eigenvalue weighted by Crippen LogP contribution is -2.30. The van der Waals surface area contributed by atoms with E-state index in [1.165, 1.54) is 12.4 Å². The van der Waals surface area contributed by atoms with Crippen LogP contribution in [0.3, 0.4) is 0 Å². The second-order valence-corrected chi connectivity index (χ2v) is 5.16. The first-order valence-corrected chi connectivity index (χ1v) is 6.36. The molecule has 2 rings (SSSR count). The molecule has 16 heavy (non-hydrogen) atoms. The molecule has 1 saturated carbocycles. The van der Waals surface area contributed by atoms with Gasteiger partial charge in [0.25, 0.3) is 0 Å². The Kier molecular flexibility index (Phi) is 3.19. The van der Waals surface area contributed by atoms with Gasteiger partial charge in [-0.1, -0.05) is 0 Å². The van der Waals surface area contributed by atoms with Crippen molar-refractivity contribution in [3.05, 3.63) is 18.5 Å². The molecule has 0 bridgehead atoms. The van der Waals surface area contributed by atoms with E-state index in [0.717, 1.165) is 12.8 Å². The average molecular weight is 239 g/mol. The molecule has 0 aromatic carbocycles. The molecule has 1 atom stereocenters. The second-order valence-electron chi connectivity index (χ2n) is 3.75. The van der Waals surface area contributed by atoms with Crippen LogP contribution in [0.15, 0.2) is 23.4 Å². The summed E-state index contributed by atoms with van der Waals surface area (Å²) in [5.41, 5.74) is 5.98. The van der Waals surface area contributed by atoms with Crippen molar-refractivity contribution in [3.63, 3.8) is 0 Å². The molecule has 1 aliphatic carbocycles. The smallest absolute Gasteiger partial charge is 0.233 e. The fraction of sp³-hybridized carbons (Fsp3) is 0.400. The van der Waals surface area contributed by atoms with Crippen molar-refractivity contribution in [2.24, 2.45) is 0 Å². The maximum atomic E-state index is 11.8. The first kappa shape index (κ1) is 11.1. The van der Waals surface area contributed by atoms with E-state index in [4.69, 9.17) is 5.73 Å². The zero-order valence-electron chi connectivity index (χ0n) is 8.68. The number of nitrogens with one attached hydrogen (secondary N) is 1. The number of carbonyl (C=O) groups is 1. The highest BCUT2D eigenvalue weighted by atomic mass is 32.2. The van der Waals surface area contributed by atoms with E-state index in [9.17, 15) is 9.00 Å². The highest BCUT2D eigenvalue weighted by Crippen LogP contribution is 2.19. The Bertz CT molecular complexity index is 432. The van der Waals surface area contributed by atoms with Crippen molar-refractivity contribution in [1.29, 1.82) is 0 Å². The standard InChI is InChI=1S/C10H13N3O2S/c11-8-5-12-4-3-9(8)16(15)6-10(14)13-7-1-2-7/h3-5,7H,1-2,6,11H2,(H,13,14). The lowest BCUT2D eigenvalue weighted by atomic mass is 10.4. The minimum Gasteiger partial charge on any atom is -0.396 e. The number of nitrogens with zero attached hydrogens (tertiary/aromatic N) is 1. The van der Waals surface area contributed by atoms with Crippen LogP contribution in [0.25, 0.3) is 0 Å². The van der Waals surface area contributed by atoms with Crippen LogP contribution in [0, 0.1) is 0 Å². The Morgan fingerprint density at radius 1 is 1.62 bits per heavy atom. The van der Waals surface area contributed by atoms with Crippen LogP contribution < -0.4 is 11.1 Å². The molecule has 1 amide bonds. The van der Waals surface area contributed by atoms with Gasteiger partial charge in [0.15, 0.2) is 0 Å². The van der Waals surface area contributed by atoms with E-state index < -0.39 is 10.8 Å². The zero-order chi connectivity index (χ0) is 11.5. The van der Waals surface area contributed by atoms with Crippen molar-refractivity contribution >= 4 is 22.4 Å². The maximum Gasteiger partial charge on any atom is 0.233 e. The van der Waals surface area contributed by atoms with Crippen LogP contribution in [0.4, 0.5) is 5.69 Å². The molecule has 5 nitrogen and oxygen atoms in total. The van der Waals surface area contributed by atoms with Crippen LogP contribution in [0.5, 0.6) is 0 Å². The van der Waals surface area contributed by atoms with E-state index in [0.29, 0.717) is 16.6 Å². The number of pyridine rings is 1. The van der Waals surface area contributed by atoms with Crippen LogP contribution >= 0.6 is 0 Å². The van der Waals surface area contributed by atoms with Gasteiger partial charge in [0, 0.05) is 12.2 Å². The minimum atomic E-state index is -1.39. The van der Waals surface area contributed by atoms with E-state index >= 15 is 0 Å². The van der Waals surface area contributed by atoms with Crippen LogP contribution in [0.2, 0.25) is 0 Å². The topological polar surface area (TPSA) is 85.1 Å². The van der Waals surface area contributed by atoms with Crippen molar-refractivity contribution in [2.45, 2.75) is 23.8 Å². The van der Waals surface area contributed by atoms with Crippen LogP contribution in [-0.4, -0.2) is 26.9 Å². The molecule has 1 heterocycles. The zero-order valence-corrected chi connectivity index (χ0v) is 9.50. The minimum absolute atomic E-state index is 0.0370. The Labute approximate surface area is 95.9 Å². The number of amides is 1. The Hall–Kier alpha value is -1.43. The summed E-state index contributed by atoms with van der Waals surface area (Å²) in [4.78, 5) is 15.7. The van der Waals surface area contributed by atoms with Gasteiger partial charge in [-0.05, 0) is 18.9 Å². The van der Waals surface area contributed by atoms with Crippen LogP contribution in [0.1, 0.15) is 12.8 Å². The highest BCUT2D eigenvalue weighted by molar-refractivity contribution is 7.86. The van der Waals surface area contributed by atoms with Gasteiger partial charge in [0.05, 0.1) is 27.6 Å². The predicted molar refractivity (Wildman–Crippen MR) is 61.1 cm³/mol. The van der Waals surface area contributed by atoms with Crippen LogP contribution in [-0.2, 0) is 15.6 Å². The summed E-state index contributed by atoms with van der Waals surface area (Å²) in [6.45, 7) is 0. The second kappa shape index (κ2) is 4.61. The summed E-state index contributed by atoms with van der Waals surface area (Å²) < 4.78 is 11.8. The molecule has 1 aromatic rings. The van der Waals surface area contributed by atoms with Crippen molar-refractivity contribution in [3.8, 4) is 0 Å². The SMILES string of the molecule is Nc1cnccc1S(=O)CC(=O)NC1CC1. The van der Waals surface area contributed by atoms with Crippen molar-refractivity contribution in [1.82, 2.24) is 10.3 Å². The molecule has 1 unspecified atom stereocenters. The molecule has 0 aliphatic heterocycles. The molecule has 6 heteroatoms. The molecule has 0 radical (unpaired) electrons. The summed E-state index contributed by atoms with van der Waals surface area (Å²) in [5.74, 6) is -0.220. The van der Waals surface area contributed by atoms with E-state index in [1.807, 2.05) is 0 Å². The summed E-state index contributed by atoms with van der Waals surface area (Å²) in [6.07, 6.45) is 5.00. The van der Waals surface area contributed by atoms with Crippen molar-refractivity contribution < 1.29 is 9.00 Å². The Morgan fingerprint density at radius 2 is 2.38 bits per heavy atom. The molecule has 0 saturated heterocycles. The number of nitrogen functional groups attached to an aromatic ring is 1. The van der Waals surface area contributed by atoms with Gasteiger partial charge in [0.1, 0.15) is 5.75 Å². The maximum absolute atomic E-state index is 11.8. The van der Waals surface area contributed by atoms with Crippen molar-refractivity contribution in [2.75, 3.05) is 11.5 Å². The predicted octanol–water partition coefficient (Wildman–Crippen LogP) is 0.0500. The van der Waals surface area contributed by atoms with E-state index in [2.05, 4.69) is 10.3 Å². The molecule has 86 valence electrons. The number of hydrogen-bond donors (Lipinski definition) is 2. The molecule has 3 N–H and O–H groups in total. The number of anilines is 1. The summed E-state index contributed by atoms with van der Waals surface area (Å²) in [7, 11) is -1.39. The molecular weight excluding hydrogens is 226 g/mol.